The summed E-state index contributed by atoms with van der Waals surface area (Å²) in [6, 6.07) is 101. The van der Waals surface area contributed by atoms with Gasteiger partial charge in [-0.05, 0) is 126 Å². The first-order valence-electron chi connectivity index (χ1n) is 29.8. The first-order chi connectivity index (χ1) is 43.6. The zero-order chi connectivity index (χ0) is 57.3. The Bertz CT molecular complexity index is 6350. The molecule has 0 saturated carbocycles. The molecule has 0 atom stereocenters. The summed E-state index contributed by atoms with van der Waals surface area (Å²) in [6.07, 6.45) is 0. The Morgan fingerprint density at radius 3 is 1.01 bits per heavy atom. The van der Waals surface area contributed by atoms with Crippen LogP contribution in [0.1, 0.15) is 0 Å². The summed E-state index contributed by atoms with van der Waals surface area (Å²) < 4.78 is 15.2. The molecule has 0 radical (unpaired) electrons. The molecule has 0 bridgehead atoms. The van der Waals surface area contributed by atoms with E-state index in [1.807, 2.05) is 34.0 Å². The highest BCUT2D eigenvalue weighted by atomic mass is 32.1. The first-order valence-corrected chi connectivity index (χ1v) is 32.2. The Kier molecular flexibility index (Phi) is 10.1. The van der Waals surface area contributed by atoms with Crippen molar-refractivity contribution in [1.29, 1.82) is 0 Å². The zero-order valence-corrected chi connectivity index (χ0v) is 49.4. The van der Waals surface area contributed by atoms with Crippen molar-refractivity contribution in [1.82, 2.24) is 23.7 Å². The third kappa shape index (κ3) is 6.90. The van der Waals surface area contributed by atoms with Crippen molar-refractivity contribution in [2.75, 3.05) is 0 Å². The fraction of sp³-hybridized carbons (Fsp3) is 0. The van der Waals surface area contributed by atoms with Gasteiger partial charge in [0.05, 0.1) is 44.3 Å². The minimum Gasteiger partial charge on any atom is -0.309 e. The number of nitrogens with zero attached hydrogens (tertiary/aromatic N) is 5. The average molecular weight is 1170 g/mol. The number of thiophene rings is 3. The number of benzene rings is 13. The number of rotatable bonds is 6. The second kappa shape index (κ2) is 18.4. The second-order valence-electron chi connectivity index (χ2n) is 23.1. The van der Waals surface area contributed by atoms with Crippen LogP contribution in [0, 0.1) is 0 Å². The normalized spacial score (nSPS) is 12.3. The van der Waals surface area contributed by atoms with E-state index < -0.39 is 0 Å². The van der Waals surface area contributed by atoms with Crippen molar-refractivity contribution in [3.8, 4) is 50.8 Å². The van der Waals surface area contributed by atoms with Gasteiger partial charge in [-0.25, -0.2) is 9.97 Å². The Hall–Kier alpha value is -10.7. The molecule has 0 aliphatic carbocycles. The van der Waals surface area contributed by atoms with Gasteiger partial charge in [0.1, 0.15) is 0 Å². The minimum atomic E-state index is 0.677. The van der Waals surface area contributed by atoms with Gasteiger partial charge in [0, 0.05) is 126 Å². The van der Waals surface area contributed by atoms with Crippen LogP contribution < -0.4 is 0 Å². The van der Waals surface area contributed by atoms with Crippen molar-refractivity contribution in [2.45, 2.75) is 0 Å². The Labute approximate surface area is 514 Å². The van der Waals surface area contributed by atoms with E-state index in [1.165, 1.54) is 126 Å². The molecular weight excluding hydrogens is 1130 g/mol. The molecule has 20 aromatic rings. The maximum absolute atomic E-state index is 5.62. The van der Waals surface area contributed by atoms with E-state index in [0.717, 1.165) is 55.9 Å². The van der Waals surface area contributed by atoms with Gasteiger partial charge in [0.15, 0.2) is 5.82 Å². The van der Waals surface area contributed by atoms with Gasteiger partial charge in [-0.1, -0.05) is 158 Å². The van der Waals surface area contributed by atoms with Crippen LogP contribution >= 0.6 is 34.0 Å². The smallest absolute Gasteiger partial charge is 0.160 e. The van der Waals surface area contributed by atoms with Gasteiger partial charge in [-0.3, -0.25) is 0 Å². The van der Waals surface area contributed by atoms with Crippen LogP contribution in [0.4, 0.5) is 0 Å². The van der Waals surface area contributed by atoms with Crippen molar-refractivity contribution < 1.29 is 0 Å². The summed E-state index contributed by atoms with van der Waals surface area (Å²) in [5.41, 5.74) is 16.5. The van der Waals surface area contributed by atoms with Crippen LogP contribution in [-0.2, 0) is 0 Å². The van der Waals surface area contributed by atoms with Crippen molar-refractivity contribution in [2.24, 2.45) is 0 Å². The summed E-state index contributed by atoms with van der Waals surface area (Å²) in [7, 11) is 0. The molecule has 7 aromatic heterocycles. The van der Waals surface area contributed by atoms with Crippen molar-refractivity contribution in [3.05, 3.63) is 273 Å². The minimum absolute atomic E-state index is 0.677. The molecule has 13 aromatic carbocycles. The third-order valence-electron chi connectivity index (χ3n) is 18.5. The molecule has 0 N–H and O–H groups in total. The Morgan fingerprint density at radius 1 is 0.239 bits per heavy atom. The number of fused-ring (bicyclic) bond motifs is 22. The predicted molar refractivity (Wildman–Crippen MR) is 378 cm³/mol. The van der Waals surface area contributed by atoms with Gasteiger partial charge in [0.2, 0.25) is 0 Å². The molecule has 20 rings (SSSR count). The summed E-state index contributed by atoms with van der Waals surface area (Å²) in [6.45, 7) is 0. The van der Waals surface area contributed by atoms with E-state index in [4.69, 9.17) is 9.97 Å². The molecule has 0 amide bonds. The van der Waals surface area contributed by atoms with Crippen molar-refractivity contribution >= 4 is 171 Å². The monoisotopic (exact) mass is 1170 g/mol. The Balaban J connectivity index is 0.750. The molecule has 0 spiro atoms. The van der Waals surface area contributed by atoms with Crippen LogP contribution in [0.3, 0.4) is 0 Å². The van der Waals surface area contributed by atoms with E-state index in [0.29, 0.717) is 5.82 Å². The van der Waals surface area contributed by atoms with Crippen LogP contribution in [0.15, 0.2) is 273 Å². The molecule has 0 unspecified atom stereocenters. The van der Waals surface area contributed by atoms with E-state index in [1.54, 1.807) is 0 Å². The fourth-order valence-electron chi connectivity index (χ4n) is 14.6. The highest BCUT2D eigenvalue weighted by molar-refractivity contribution is 7.26. The van der Waals surface area contributed by atoms with E-state index >= 15 is 0 Å². The standard InChI is InChI=1S/C80H45N5S3/c1-7-19-64-53(13-1)56-38-42-70-73(59-16-4-10-22-67(59)86-70)77(56)83(64)50-32-25-46(26-33-50)49-31-41-63-62(45-49)76(47-27-34-51(35-28-47)84-65-20-8-2-14-54(65)57-39-43-71-74(78(57)84)60-17-5-11-23-68(60)87-71)82-80(81-63)48-29-36-52(37-30-48)85-66-21-9-3-15-55(66)58-40-44-72-75(79(58)85)61-18-6-12-24-69(61)88-72/h1-45H. The second-order valence-corrected chi connectivity index (χ2v) is 26.4. The van der Waals surface area contributed by atoms with Crippen LogP contribution in [0.5, 0.6) is 0 Å². The lowest BCUT2D eigenvalue weighted by atomic mass is 9.99. The predicted octanol–water partition coefficient (Wildman–Crippen LogP) is 23.0. The molecule has 0 aliphatic heterocycles. The van der Waals surface area contributed by atoms with Gasteiger partial charge in [-0.15, -0.1) is 34.0 Å². The molecule has 408 valence electrons. The highest BCUT2D eigenvalue weighted by Gasteiger charge is 2.23. The molecule has 0 saturated heterocycles. The quantitative estimate of drug-likeness (QED) is 0.166. The lowest BCUT2D eigenvalue weighted by Crippen LogP contribution is -1.98. The third-order valence-corrected chi connectivity index (χ3v) is 21.9. The van der Waals surface area contributed by atoms with Gasteiger partial charge >= 0.3 is 0 Å². The summed E-state index contributed by atoms with van der Waals surface area (Å²) >= 11 is 5.59. The molecule has 88 heavy (non-hydrogen) atoms. The van der Waals surface area contributed by atoms with Gasteiger partial charge in [0.25, 0.3) is 0 Å². The zero-order valence-electron chi connectivity index (χ0n) is 46.9. The number of hydrogen-bond acceptors (Lipinski definition) is 5. The number of aromatic nitrogens is 5. The highest BCUT2D eigenvalue weighted by Crippen LogP contribution is 2.47. The first kappa shape index (κ1) is 48.5. The number of para-hydroxylation sites is 3. The molecule has 0 fully saturated rings. The van der Waals surface area contributed by atoms with E-state index in [9.17, 15) is 0 Å². The largest absolute Gasteiger partial charge is 0.309 e. The summed E-state index contributed by atoms with van der Waals surface area (Å²) in [4.78, 5) is 11.0. The van der Waals surface area contributed by atoms with Gasteiger partial charge in [-0.2, -0.15) is 0 Å². The summed E-state index contributed by atoms with van der Waals surface area (Å²) in [5.74, 6) is 0.677. The molecule has 7 heterocycles. The SMILES string of the molecule is c1ccc2c(c1)sc1ccc3c4ccccc4n(-c4ccc(-c5ccc6nc(-c7ccc(-n8c9ccccc9c9ccc%10sc%11ccccc%11c%10c98)cc7)nc(-c7ccc(-n8c9ccccc9c9ccc%10sc%11ccccc%11c%10c98)cc7)c6c5)cc4)c3c12. The van der Waals surface area contributed by atoms with Crippen LogP contribution in [0.25, 0.3) is 188 Å². The summed E-state index contributed by atoms with van der Waals surface area (Å²) in [5, 5.41) is 16.3. The number of hydrogen-bond donors (Lipinski definition) is 0. The van der Waals surface area contributed by atoms with Crippen LogP contribution in [-0.4, -0.2) is 23.7 Å². The van der Waals surface area contributed by atoms with E-state index in [-0.39, 0.29) is 0 Å². The fourth-order valence-corrected chi connectivity index (χ4v) is 17.9. The lowest BCUT2D eigenvalue weighted by Gasteiger charge is -2.14. The van der Waals surface area contributed by atoms with Crippen molar-refractivity contribution in [3.63, 3.8) is 0 Å². The Morgan fingerprint density at radius 2 is 0.591 bits per heavy atom. The van der Waals surface area contributed by atoms with Crippen LogP contribution in [0.2, 0.25) is 0 Å². The molecular formula is C80H45N5S3. The van der Waals surface area contributed by atoms with E-state index in [2.05, 4.69) is 287 Å². The molecule has 8 heteroatoms. The maximum Gasteiger partial charge on any atom is 0.160 e. The molecule has 0 aliphatic rings. The maximum atomic E-state index is 5.62. The lowest BCUT2D eigenvalue weighted by molar-refractivity contribution is 1.18. The topological polar surface area (TPSA) is 40.6 Å². The average Bonchev–Trinajstić information content (AvgIpc) is 1.69. The van der Waals surface area contributed by atoms with Gasteiger partial charge < -0.3 is 13.7 Å². The molecule has 5 nitrogen and oxygen atoms in total.